The van der Waals surface area contributed by atoms with Gasteiger partial charge in [0.25, 0.3) is 5.91 Å². The zero-order valence-electron chi connectivity index (χ0n) is 15.4. The molecule has 0 aliphatic rings. The second-order valence-corrected chi connectivity index (χ2v) is 5.17. The van der Waals surface area contributed by atoms with Gasteiger partial charge in [0.2, 0.25) is 11.7 Å². The van der Waals surface area contributed by atoms with Crippen molar-refractivity contribution in [3.8, 4) is 17.2 Å². The predicted molar refractivity (Wildman–Crippen MR) is 92.6 cm³/mol. The molecule has 1 aromatic rings. The molecule has 0 spiro atoms. The van der Waals surface area contributed by atoms with Gasteiger partial charge in [-0.15, -0.1) is 0 Å². The van der Waals surface area contributed by atoms with E-state index in [1.165, 1.54) is 28.3 Å². The lowest BCUT2D eigenvalue weighted by molar-refractivity contribution is -0.129. The van der Waals surface area contributed by atoms with Crippen LogP contribution in [0, 0.1) is 0 Å². The number of amides is 2. The highest BCUT2D eigenvalue weighted by molar-refractivity contribution is 5.95. The number of benzene rings is 1. The third-order valence-electron chi connectivity index (χ3n) is 3.60. The average molecular weight is 354 g/mol. The molecule has 8 nitrogen and oxygen atoms in total. The van der Waals surface area contributed by atoms with Gasteiger partial charge in [0, 0.05) is 39.2 Å². The van der Waals surface area contributed by atoms with E-state index in [2.05, 4.69) is 5.32 Å². The van der Waals surface area contributed by atoms with E-state index in [1.807, 2.05) is 0 Å². The number of carbonyl (C=O) groups excluding carboxylic acids is 2. The summed E-state index contributed by atoms with van der Waals surface area (Å²) in [6, 6.07) is 3.15. The van der Waals surface area contributed by atoms with Crippen LogP contribution in [0.4, 0.5) is 0 Å². The Hall–Kier alpha value is -2.48. The lowest BCUT2D eigenvalue weighted by atomic mass is 10.1. The van der Waals surface area contributed by atoms with Crippen LogP contribution in [0.1, 0.15) is 17.3 Å². The lowest BCUT2D eigenvalue weighted by Crippen LogP contribution is -2.39. The number of hydrogen-bond donors (Lipinski definition) is 1. The Balaban J connectivity index is 2.75. The number of ether oxygens (including phenoxy) is 4. The largest absolute Gasteiger partial charge is 0.493 e. The Morgan fingerprint density at radius 2 is 1.60 bits per heavy atom. The molecule has 0 atom stereocenters. The first-order valence-corrected chi connectivity index (χ1v) is 7.81. The van der Waals surface area contributed by atoms with Crippen molar-refractivity contribution in [2.24, 2.45) is 0 Å². The highest BCUT2D eigenvalue weighted by Gasteiger charge is 2.17. The maximum absolute atomic E-state index is 12.4. The van der Waals surface area contributed by atoms with Gasteiger partial charge in [0.1, 0.15) is 0 Å². The Morgan fingerprint density at radius 1 is 1.00 bits per heavy atom. The Labute approximate surface area is 148 Å². The molecule has 1 aromatic carbocycles. The van der Waals surface area contributed by atoms with Crippen molar-refractivity contribution < 1.29 is 28.5 Å². The monoisotopic (exact) mass is 354 g/mol. The number of hydrogen-bond acceptors (Lipinski definition) is 6. The van der Waals surface area contributed by atoms with Gasteiger partial charge in [-0.3, -0.25) is 9.59 Å². The smallest absolute Gasteiger partial charge is 0.251 e. The summed E-state index contributed by atoms with van der Waals surface area (Å²) >= 11 is 0. The van der Waals surface area contributed by atoms with Gasteiger partial charge in [-0.2, -0.15) is 0 Å². The van der Waals surface area contributed by atoms with Crippen LogP contribution < -0.4 is 19.5 Å². The van der Waals surface area contributed by atoms with Gasteiger partial charge >= 0.3 is 0 Å². The summed E-state index contributed by atoms with van der Waals surface area (Å²) in [5.41, 5.74) is 0.376. The average Bonchev–Trinajstić information content (AvgIpc) is 2.62. The van der Waals surface area contributed by atoms with Crippen molar-refractivity contribution >= 4 is 11.8 Å². The summed E-state index contributed by atoms with van der Waals surface area (Å²) < 4.78 is 20.7. The molecule has 0 saturated heterocycles. The molecule has 0 fully saturated rings. The number of rotatable bonds is 10. The van der Waals surface area contributed by atoms with Crippen LogP contribution >= 0.6 is 0 Å². The van der Waals surface area contributed by atoms with Gasteiger partial charge in [-0.05, 0) is 12.1 Å². The molecule has 1 rings (SSSR count). The molecule has 140 valence electrons. The lowest BCUT2D eigenvalue weighted by Gasteiger charge is -2.21. The third-order valence-corrected chi connectivity index (χ3v) is 3.60. The van der Waals surface area contributed by atoms with E-state index in [4.69, 9.17) is 18.9 Å². The molecule has 0 aromatic heterocycles. The Morgan fingerprint density at radius 3 is 2.04 bits per heavy atom. The summed E-state index contributed by atoms with van der Waals surface area (Å²) in [4.78, 5) is 25.5. The molecular weight excluding hydrogens is 328 g/mol. The fraction of sp³-hybridized carbons (Fsp3) is 0.529. The first kappa shape index (κ1) is 20.6. The normalized spacial score (nSPS) is 10.1. The minimum atomic E-state index is -0.297. The van der Waals surface area contributed by atoms with Crippen molar-refractivity contribution in [2.75, 3.05) is 54.7 Å². The van der Waals surface area contributed by atoms with E-state index in [0.717, 1.165) is 0 Å². The Bertz CT molecular complexity index is 565. The molecule has 0 radical (unpaired) electrons. The van der Waals surface area contributed by atoms with Crippen molar-refractivity contribution in [3.05, 3.63) is 17.7 Å². The molecule has 25 heavy (non-hydrogen) atoms. The summed E-state index contributed by atoms with van der Waals surface area (Å²) in [7, 11) is 6.04. The molecule has 0 aliphatic carbocycles. The van der Waals surface area contributed by atoms with Crippen LogP contribution in [0.2, 0.25) is 0 Å². The first-order valence-electron chi connectivity index (χ1n) is 7.81. The summed E-state index contributed by atoms with van der Waals surface area (Å²) in [6.07, 6.45) is 0. The molecule has 0 unspecified atom stereocenters. The summed E-state index contributed by atoms with van der Waals surface area (Å²) in [6.45, 7) is 3.12. The number of carbonyl (C=O) groups is 2. The highest BCUT2D eigenvalue weighted by atomic mass is 16.5. The van der Waals surface area contributed by atoms with E-state index in [0.29, 0.717) is 49.1 Å². The maximum atomic E-state index is 12.4. The Kier molecular flexibility index (Phi) is 8.55. The fourth-order valence-electron chi connectivity index (χ4n) is 2.25. The molecule has 0 saturated carbocycles. The van der Waals surface area contributed by atoms with Gasteiger partial charge in [0.15, 0.2) is 11.5 Å². The SMILES string of the molecule is COCCN(CCNC(=O)c1cc(OC)c(OC)c(OC)c1)C(C)=O. The van der Waals surface area contributed by atoms with Crippen LogP contribution in [0.5, 0.6) is 17.2 Å². The molecular formula is C17H26N2O6. The summed E-state index contributed by atoms with van der Waals surface area (Å²) in [5, 5.41) is 2.78. The number of nitrogens with zero attached hydrogens (tertiary/aromatic N) is 1. The van der Waals surface area contributed by atoms with Crippen LogP contribution in [0.25, 0.3) is 0 Å². The fourth-order valence-corrected chi connectivity index (χ4v) is 2.25. The van der Waals surface area contributed by atoms with Crippen LogP contribution in [-0.2, 0) is 9.53 Å². The molecule has 8 heteroatoms. The number of methoxy groups -OCH3 is 4. The second kappa shape index (κ2) is 10.4. The van der Waals surface area contributed by atoms with E-state index < -0.39 is 0 Å². The minimum Gasteiger partial charge on any atom is -0.493 e. The standard InChI is InChI=1S/C17H26N2O6/c1-12(20)19(8-9-22-2)7-6-18-17(21)13-10-14(23-3)16(25-5)15(11-13)24-4/h10-11H,6-9H2,1-5H3,(H,18,21). The molecule has 2 amide bonds. The topological polar surface area (TPSA) is 86.3 Å². The van der Waals surface area contributed by atoms with Crippen molar-refractivity contribution in [2.45, 2.75) is 6.92 Å². The second-order valence-electron chi connectivity index (χ2n) is 5.17. The summed E-state index contributed by atoms with van der Waals surface area (Å²) in [5.74, 6) is 0.854. The molecule has 0 aliphatic heterocycles. The van der Waals surface area contributed by atoms with Crippen LogP contribution in [-0.4, -0.2) is 71.4 Å². The molecule has 1 N–H and O–H groups in total. The predicted octanol–water partition coefficient (Wildman–Crippen LogP) is 0.937. The van der Waals surface area contributed by atoms with E-state index in [-0.39, 0.29) is 11.8 Å². The molecule has 0 heterocycles. The number of nitrogens with one attached hydrogen (secondary N) is 1. The van der Waals surface area contributed by atoms with Crippen LogP contribution in [0.3, 0.4) is 0 Å². The third kappa shape index (κ3) is 5.82. The quantitative estimate of drug-likeness (QED) is 0.673. The van der Waals surface area contributed by atoms with Crippen molar-refractivity contribution in [1.82, 2.24) is 10.2 Å². The van der Waals surface area contributed by atoms with Gasteiger partial charge in [-0.25, -0.2) is 0 Å². The van der Waals surface area contributed by atoms with Crippen molar-refractivity contribution in [3.63, 3.8) is 0 Å². The first-order chi connectivity index (χ1) is 12.0. The minimum absolute atomic E-state index is 0.0703. The van der Waals surface area contributed by atoms with Gasteiger partial charge < -0.3 is 29.2 Å². The van der Waals surface area contributed by atoms with Gasteiger partial charge in [-0.1, -0.05) is 0 Å². The zero-order valence-corrected chi connectivity index (χ0v) is 15.4. The van der Waals surface area contributed by atoms with Crippen molar-refractivity contribution in [1.29, 1.82) is 0 Å². The van der Waals surface area contributed by atoms with E-state index >= 15 is 0 Å². The molecule has 0 bridgehead atoms. The van der Waals surface area contributed by atoms with E-state index in [9.17, 15) is 9.59 Å². The zero-order chi connectivity index (χ0) is 18.8. The van der Waals surface area contributed by atoms with E-state index in [1.54, 1.807) is 24.1 Å². The van der Waals surface area contributed by atoms with Gasteiger partial charge in [0.05, 0.1) is 27.9 Å². The maximum Gasteiger partial charge on any atom is 0.251 e. The highest BCUT2D eigenvalue weighted by Crippen LogP contribution is 2.38. The van der Waals surface area contributed by atoms with Crippen LogP contribution in [0.15, 0.2) is 12.1 Å².